The predicted octanol–water partition coefficient (Wildman–Crippen LogP) is 5.38. The van der Waals surface area contributed by atoms with Gasteiger partial charge in [0, 0.05) is 54.6 Å². The highest BCUT2D eigenvalue weighted by atomic mass is 32.2. The van der Waals surface area contributed by atoms with Crippen LogP contribution in [0.2, 0.25) is 0 Å². The third-order valence-corrected chi connectivity index (χ3v) is 9.04. The summed E-state index contributed by atoms with van der Waals surface area (Å²) in [5.41, 5.74) is 1.10. The average Bonchev–Trinajstić information content (AvgIpc) is 3.00. The molecule has 4 aromatic rings. The third kappa shape index (κ3) is 5.42. The Morgan fingerprint density at radius 3 is 2.73 bits per heavy atom. The molecule has 1 fully saturated rings. The van der Waals surface area contributed by atoms with E-state index in [1.807, 2.05) is 31.7 Å². The van der Waals surface area contributed by atoms with Gasteiger partial charge in [-0.25, -0.2) is 23.1 Å². The fraction of sp³-hybridized carbons (Fsp3) is 0.344. The van der Waals surface area contributed by atoms with Crippen molar-refractivity contribution in [1.82, 2.24) is 24.4 Å². The molecule has 44 heavy (non-hydrogen) atoms. The van der Waals surface area contributed by atoms with Gasteiger partial charge in [-0.3, -0.25) is 9.78 Å². The summed E-state index contributed by atoms with van der Waals surface area (Å²) in [4.78, 5) is 44.7. The molecule has 1 aromatic carbocycles. The topological polar surface area (TPSA) is 96.3 Å². The summed E-state index contributed by atoms with van der Waals surface area (Å²) in [5, 5.41) is 3.59. The molecule has 1 amide bonds. The van der Waals surface area contributed by atoms with E-state index in [2.05, 4.69) is 16.9 Å². The number of piperazine rings is 1. The number of anilines is 2. The lowest BCUT2D eigenvalue weighted by atomic mass is 10.1. The van der Waals surface area contributed by atoms with Gasteiger partial charge >= 0.3 is 5.69 Å². The summed E-state index contributed by atoms with van der Waals surface area (Å²) in [5.74, 6) is -0.573. The number of halogens is 2. The van der Waals surface area contributed by atoms with Crippen molar-refractivity contribution >= 4 is 40.2 Å². The highest BCUT2D eigenvalue weighted by molar-refractivity contribution is 7.99. The van der Waals surface area contributed by atoms with E-state index in [0.717, 1.165) is 17.1 Å². The number of aromatic nitrogens is 4. The normalized spacial score (nSPS) is 16.9. The van der Waals surface area contributed by atoms with Gasteiger partial charge in [-0.1, -0.05) is 20.4 Å². The zero-order valence-electron chi connectivity index (χ0n) is 24.8. The molecule has 228 valence electrons. The van der Waals surface area contributed by atoms with Crippen LogP contribution in [0.1, 0.15) is 38.8 Å². The minimum atomic E-state index is -0.745. The van der Waals surface area contributed by atoms with Crippen molar-refractivity contribution < 1.29 is 13.6 Å². The Balaban J connectivity index is 1.65. The molecule has 6 rings (SSSR count). The van der Waals surface area contributed by atoms with E-state index in [1.54, 1.807) is 35.0 Å². The molecule has 0 saturated carbocycles. The van der Waals surface area contributed by atoms with Crippen LogP contribution in [0.3, 0.4) is 0 Å². The minimum Gasteiger partial charge on any atom is -0.385 e. The van der Waals surface area contributed by atoms with Gasteiger partial charge in [0.25, 0.3) is 0 Å². The summed E-state index contributed by atoms with van der Waals surface area (Å²) in [6.45, 7) is 11.2. The molecule has 12 heteroatoms. The zero-order chi connectivity index (χ0) is 31.1. The van der Waals surface area contributed by atoms with Gasteiger partial charge in [0.15, 0.2) is 5.65 Å². The first-order valence-corrected chi connectivity index (χ1v) is 15.6. The van der Waals surface area contributed by atoms with Crippen molar-refractivity contribution in [1.29, 1.82) is 0 Å². The molecule has 2 aliphatic heterocycles. The molecule has 0 aliphatic carbocycles. The first-order valence-electron chi connectivity index (χ1n) is 14.6. The van der Waals surface area contributed by atoms with Crippen LogP contribution in [0.25, 0.3) is 28.0 Å². The lowest BCUT2D eigenvalue weighted by Gasteiger charge is -2.40. The third-order valence-electron chi connectivity index (χ3n) is 7.99. The van der Waals surface area contributed by atoms with Gasteiger partial charge in [-0.15, -0.1) is 11.8 Å². The van der Waals surface area contributed by atoms with Gasteiger partial charge in [0.05, 0.1) is 16.8 Å². The molecule has 5 heterocycles. The van der Waals surface area contributed by atoms with E-state index in [-0.39, 0.29) is 40.6 Å². The van der Waals surface area contributed by atoms with Crippen molar-refractivity contribution in [3.8, 4) is 16.9 Å². The van der Waals surface area contributed by atoms with Crippen molar-refractivity contribution in [2.45, 2.75) is 44.0 Å². The summed E-state index contributed by atoms with van der Waals surface area (Å²) in [7, 11) is 0. The standard InChI is InChI=1S/C32H33F2N7O2S/c1-5-27(42)39-10-11-40(19(4)17-39)30-23-15-25(34)29-22-13-20(7-8-24(22)33)35-9-6-12-44-21-14-26(28(18(2)3)36-16-21)41(31(23)37-29)32(43)38-30/h5,7-8,13-16,18-19,35H,1,6,9-12,17H2,2-4H3/t19-/m0/s1. The van der Waals surface area contributed by atoms with E-state index in [1.165, 1.54) is 22.8 Å². The Morgan fingerprint density at radius 1 is 1.16 bits per heavy atom. The Bertz CT molecular complexity index is 1840. The van der Waals surface area contributed by atoms with E-state index in [4.69, 9.17) is 9.97 Å². The second-order valence-corrected chi connectivity index (χ2v) is 12.5. The smallest absolute Gasteiger partial charge is 0.355 e. The molecular weight excluding hydrogens is 584 g/mol. The molecule has 1 atom stereocenters. The molecule has 0 unspecified atom stereocenters. The number of pyridine rings is 2. The number of thioether (sulfide) groups is 1. The molecule has 1 saturated heterocycles. The molecular formula is C32H33F2N7O2S. The van der Waals surface area contributed by atoms with Crippen molar-refractivity contribution in [2.24, 2.45) is 0 Å². The van der Waals surface area contributed by atoms with Gasteiger partial charge in [0.2, 0.25) is 5.91 Å². The Labute approximate surface area is 258 Å². The maximum absolute atomic E-state index is 16.1. The number of nitrogens with zero attached hydrogens (tertiary/aromatic N) is 6. The number of carbonyl (C=O) groups is 1. The van der Waals surface area contributed by atoms with Gasteiger partial charge < -0.3 is 15.1 Å². The number of amides is 1. The monoisotopic (exact) mass is 617 g/mol. The van der Waals surface area contributed by atoms with Crippen molar-refractivity contribution in [3.05, 3.63) is 77.0 Å². The molecule has 0 spiro atoms. The molecule has 2 aliphatic rings. The number of hydrogen-bond donors (Lipinski definition) is 1. The van der Waals surface area contributed by atoms with E-state index in [0.29, 0.717) is 48.6 Å². The summed E-state index contributed by atoms with van der Waals surface area (Å²) in [6, 6.07) is 7.38. The van der Waals surface area contributed by atoms with Crippen LogP contribution in [0.4, 0.5) is 20.3 Å². The van der Waals surface area contributed by atoms with Crippen LogP contribution >= 0.6 is 11.8 Å². The van der Waals surface area contributed by atoms with Crippen LogP contribution in [0, 0.1) is 11.6 Å². The van der Waals surface area contributed by atoms with E-state index in [9.17, 15) is 9.59 Å². The van der Waals surface area contributed by atoms with E-state index < -0.39 is 17.3 Å². The zero-order valence-corrected chi connectivity index (χ0v) is 25.6. The summed E-state index contributed by atoms with van der Waals surface area (Å²) < 4.78 is 32.7. The Kier molecular flexibility index (Phi) is 8.10. The van der Waals surface area contributed by atoms with Crippen LogP contribution in [0.15, 0.2) is 58.9 Å². The summed E-state index contributed by atoms with van der Waals surface area (Å²) in [6.07, 6.45) is 3.88. The molecule has 1 N–H and O–H groups in total. The van der Waals surface area contributed by atoms with Crippen molar-refractivity contribution in [3.63, 3.8) is 0 Å². The molecule has 3 aromatic heterocycles. The van der Waals surface area contributed by atoms with Crippen LogP contribution in [-0.2, 0) is 4.79 Å². The number of nitrogens with one attached hydrogen (secondary N) is 1. The quantitative estimate of drug-likeness (QED) is 0.307. The lowest BCUT2D eigenvalue weighted by Crippen LogP contribution is -2.54. The predicted molar refractivity (Wildman–Crippen MR) is 170 cm³/mol. The number of carbonyl (C=O) groups excluding carboxylic acids is 1. The maximum atomic E-state index is 16.1. The SMILES string of the molecule is C=CC(=O)N1CCN(c2nc(=O)n3c4nc(c(F)cc24)-c2cc(ccc2F)NCCCSc2cnc(C(C)C)c-3c2)[C@@H](C)C1. The second kappa shape index (κ2) is 12.0. The van der Waals surface area contributed by atoms with Gasteiger partial charge in [-0.2, -0.15) is 4.98 Å². The fourth-order valence-corrected chi connectivity index (χ4v) is 6.64. The number of hydrogen-bond acceptors (Lipinski definition) is 8. The average molecular weight is 618 g/mol. The van der Waals surface area contributed by atoms with Gasteiger partial charge in [-0.05, 0) is 61.4 Å². The maximum Gasteiger partial charge on any atom is 0.355 e. The Hall–Kier alpha value is -4.32. The molecule has 9 nitrogen and oxygen atoms in total. The molecule has 0 radical (unpaired) electrons. The van der Waals surface area contributed by atoms with Crippen molar-refractivity contribution in [2.75, 3.05) is 42.1 Å². The lowest BCUT2D eigenvalue weighted by molar-refractivity contribution is -0.126. The summed E-state index contributed by atoms with van der Waals surface area (Å²) >= 11 is 1.62. The first kappa shape index (κ1) is 29.7. The van der Waals surface area contributed by atoms with Gasteiger partial charge in [0.1, 0.15) is 23.1 Å². The van der Waals surface area contributed by atoms with Crippen LogP contribution in [0.5, 0.6) is 0 Å². The molecule has 6 bridgehead atoms. The highest BCUT2D eigenvalue weighted by Gasteiger charge is 2.30. The Morgan fingerprint density at radius 2 is 1.98 bits per heavy atom. The number of rotatable bonds is 3. The number of benzene rings is 1. The highest BCUT2D eigenvalue weighted by Crippen LogP contribution is 2.35. The van der Waals surface area contributed by atoms with Crippen LogP contribution in [-0.4, -0.2) is 68.3 Å². The fourth-order valence-electron chi connectivity index (χ4n) is 5.79. The van der Waals surface area contributed by atoms with E-state index >= 15 is 8.78 Å². The minimum absolute atomic E-state index is 0.0168. The largest absolute Gasteiger partial charge is 0.385 e. The second-order valence-electron chi connectivity index (χ2n) is 11.3. The number of fused-ring (bicyclic) bond motifs is 7. The first-order chi connectivity index (χ1) is 21.2. The van der Waals surface area contributed by atoms with Crippen LogP contribution < -0.4 is 15.9 Å².